The summed E-state index contributed by atoms with van der Waals surface area (Å²) in [5, 5.41) is 0. The van der Waals surface area contributed by atoms with Crippen molar-refractivity contribution in [3.8, 4) is 0 Å². The number of carbonyl (C=O) groups is 1. The van der Waals surface area contributed by atoms with Crippen LogP contribution in [-0.4, -0.2) is 21.2 Å². The van der Waals surface area contributed by atoms with Crippen molar-refractivity contribution < 1.29 is 13.2 Å². The van der Waals surface area contributed by atoms with Gasteiger partial charge in [-0.1, -0.05) is 44.2 Å². The third kappa shape index (κ3) is 4.38. The van der Waals surface area contributed by atoms with Crippen LogP contribution in [-0.2, 0) is 10.0 Å². The Labute approximate surface area is 127 Å². The van der Waals surface area contributed by atoms with Gasteiger partial charge in [-0.05, 0) is 31.5 Å². The highest BCUT2D eigenvalue weighted by atomic mass is 32.2. The van der Waals surface area contributed by atoms with E-state index in [9.17, 15) is 13.2 Å². The lowest BCUT2D eigenvalue weighted by molar-refractivity contribution is 0.0970. The monoisotopic (exact) mass is 309 g/mol. The molecule has 0 atom stereocenters. The molecule has 0 bridgehead atoms. The van der Waals surface area contributed by atoms with E-state index in [1.165, 1.54) is 51.3 Å². The maximum Gasteiger partial charge on any atom is 0.240 e. The van der Waals surface area contributed by atoms with Gasteiger partial charge in [0.15, 0.2) is 5.78 Å². The first kappa shape index (κ1) is 16.2. The molecule has 0 saturated heterocycles. The number of sulfonamides is 1. The first-order valence-electron chi connectivity index (χ1n) is 7.60. The van der Waals surface area contributed by atoms with Crippen molar-refractivity contribution in [2.75, 3.05) is 7.05 Å². The van der Waals surface area contributed by atoms with Crippen LogP contribution in [0.4, 0.5) is 0 Å². The van der Waals surface area contributed by atoms with Gasteiger partial charge in [0.1, 0.15) is 0 Å². The van der Waals surface area contributed by atoms with Crippen molar-refractivity contribution in [3.63, 3.8) is 0 Å². The zero-order chi connectivity index (χ0) is 15.3. The van der Waals surface area contributed by atoms with Crippen molar-refractivity contribution in [2.24, 2.45) is 5.92 Å². The predicted octanol–water partition coefficient (Wildman–Crippen LogP) is 3.14. The molecule has 0 heterocycles. The van der Waals surface area contributed by atoms with E-state index >= 15 is 0 Å². The van der Waals surface area contributed by atoms with E-state index in [2.05, 4.69) is 4.72 Å². The molecule has 4 nitrogen and oxygen atoms in total. The summed E-state index contributed by atoms with van der Waals surface area (Å²) < 4.78 is 25.5. The van der Waals surface area contributed by atoms with Crippen LogP contribution in [0.25, 0.3) is 0 Å². The van der Waals surface area contributed by atoms with E-state index in [0.717, 1.165) is 6.42 Å². The number of hydrogen-bond donors (Lipinski definition) is 1. The minimum absolute atomic E-state index is 0.106. The van der Waals surface area contributed by atoms with Crippen LogP contribution >= 0.6 is 0 Å². The van der Waals surface area contributed by atoms with Crippen molar-refractivity contribution in [2.45, 2.75) is 49.8 Å². The van der Waals surface area contributed by atoms with Gasteiger partial charge in [-0.2, -0.15) is 0 Å². The molecule has 5 heteroatoms. The fourth-order valence-electron chi connectivity index (χ4n) is 2.89. The summed E-state index contributed by atoms with van der Waals surface area (Å²) in [6.07, 6.45) is 7.90. The topological polar surface area (TPSA) is 63.2 Å². The van der Waals surface area contributed by atoms with E-state index in [1.807, 2.05) is 0 Å². The minimum atomic E-state index is -3.43. The molecule has 0 spiro atoms. The molecule has 116 valence electrons. The molecular weight excluding hydrogens is 286 g/mol. The standard InChI is InChI=1S/C16H23NO3S/c1-17-21(19,20)15-10-8-14(9-11-15)16(18)12-7-13-5-3-2-4-6-13/h8-11,13,17H,2-7,12H2,1H3. The van der Waals surface area contributed by atoms with Crippen LogP contribution in [0.1, 0.15) is 55.3 Å². The van der Waals surface area contributed by atoms with E-state index < -0.39 is 10.0 Å². The molecule has 1 fully saturated rings. The number of carbonyl (C=O) groups excluding carboxylic acids is 1. The summed E-state index contributed by atoms with van der Waals surface area (Å²) in [5.74, 6) is 0.792. The number of rotatable bonds is 6. The summed E-state index contributed by atoms with van der Waals surface area (Å²) in [6, 6.07) is 6.18. The highest BCUT2D eigenvalue weighted by Crippen LogP contribution is 2.27. The van der Waals surface area contributed by atoms with Gasteiger partial charge in [0.05, 0.1) is 4.90 Å². The lowest BCUT2D eigenvalue weighted by Crippen LogP contribution is -2.18. The Kier molecular flexibility index (Phi) is 5.53. The Hall–Kier alpha value is -1.20. The molecule has 1 N–H and O–H groups in total. The van der Waals surface area contributed by atoms with Crippen LogP contribution in [0.5, 0.6) is 0 Å². The van der Waals surface area contributed by atoms with Gasteiger partial charge in [0, 0.05) is 12.0 Å². The molecule has 0 unspecified atom stereocenters. The van der Waals surface area contributed by atoms with Gasteiger partial charge >= 0.3 is 0 Å². The zero-order valence-electron chi connectivity index (χ0n) is 12.5. The smallest absolute Gasteiger partial charge is 0.240 e. The highest BCUT2D eigenvalue weighted by molar-refractivity contribution is 7.89. The molecule has 1 saturated carbocycles. The maximum absolute atomic E-state index is 12.2. The molecule has 0 aromatic heterocycles. The summed E-state index contributed by atoms with van der Waals surface area (Å²) in [5.41, 5.74) is 0.598. The third-order valence-electron chi connectivity index (χ3n) is 4.26. The second-order valence-electron chi connectivity index (χ2n) is 5.70. The summed E-state index contributed by atoms with van der Waals surface area (Å²) in [6.45, 7) is 0. The fraction of sp³-hybridized carbons (Fsp3) is 0.562. The molecule has 0 radical (unpaired) electrons. The number of Topliss-reactive ketones (excluding diaryl/α,β-unsaturated/α-hetero) is 1. The third-order valence-corrected chi connectivity index (χ3v) is 5.69. The highest BCUT2D eigenvalue weighted by Gasteiger charge is 2.16. The normalized spacial score (nSPS) is 16.8. The second kappa shape index (κ2) is 7.18. The van der Waals surface area contributed by atoms with Crippen LogP contribution < -0.4 is 4.72 Å². The molecule has 1 aliphatic rings. The van der Waals surface area contributed by atoms with Crippen molar-refractivity contribution in [1.29, 1.82) is 0 Å². The number of nitrogens with one attached hydrogen (secondary N) is 1. The summed E-state index contributed by atoms with van der Waals surface area (Å²) >= 11 is 0. The lowest BCUT2D eigenvalue weighted by atomic mass is 9.85. The average molecular weight is 309 g/mol. The Bertz CT molecular complexity index is 572. The first-order chi connectivity index (χ1) is 10.0. The summed E-state index contributed by atoms with van der Waals surface area (Å²) in [4.78, 5) is 12.3. The van der Waals surface area contributed by atoms with E-state index in [4.69, 9.17) is 0 Å². The van der Waals surface area contributed by atoms with Gasteiger partial charge in [0.2, 0.25) is 10.0 Å². The first-order valence-corrected chi connectivity index (χ1v) is 9.08. The second-order valence-corrected chi connectivity index (χ2v) is 7.58. The number of ketones is 1. The van der Waals surface area contributed by atoms with E-state index in [0.29, 0.717) is 17.9 Å². The molecule has 21 heavy (non-hydrogen) atoms. The summed E-state index contributed by atoms with van der Waals surface area (Å²) in [7, 11) is -2.06. The zero-order valence-corrected chi connectivity index (χ0v) is 13.3. The number of benzene rings is 1. The van der Waals surface area contributed by atoms with Crippen LogP contribution in [0.2, 0.25) is 0 Å². The maximum atomic E-state index is 12.2. The Morgan fingerprint density at radius 1 is 1.14 bits per heavy atom. The van der Waals surface area contributed by atoms with Gasteiger partial charge in [-0.25, -0.2) is 13.1 Å². The van der Waals surface area contributed by atoms with E-state index in [1.54, 1.807) is 12.1 Å². The van der Waals surface area contributed by atoms with Gasteiger partial charge in [-0.3, -0.25) is 4.79 Å². The average Bonchev–Trinajstić information content (AvgIpc) is 2.53. The Morgan fingerprint density at radius 3 is 2.33 bits per heavy atom. The fourth-order valence-corrected chi connectivity index (χ4v) is 3.62. The van der Waals surface area contributed by atoms with Gasteiger partial charge < -0.3 is 0 Å². The SMILES string of the molecule is CNS(=O)(=O)c1ccc(C(=O)CCC2CCCCC2)cc1. The largest absolute Gasteiger partial charge is 0.294 e. The van der Waals surface area contributed by atoms with Crippen molar-refractivity contribution >= 4 is 15.8 Å². The molecule has 1 aliphatic carbocycles. The van der Waals surface area contributed by atoms with Gasteiger partial charge in [0.25, 0.3) is 0 Å². The van der Waals surface area contributed by atoms with Crippen LogP contribution in [0.3, 0.4) is 0 Å². The van der Waals surface area contributed by atoms with Gasteiger partial charge in [-0.15, -0.1) is 0 Å². The molecule has 0 amide bonds. The van der Waals surface area contributed by atoms with E-state index in [-0.39, 0.29) is 10.7 Å². The minimum Gasteiger partial charge on any atom is -0.294 e. The quantitative estimate of drug-likeness (QED) is 0.821. The predicted molar refractivity (Wildman–Crippen MR) is 82.8 cm³/mol. The van der Waals surface area contributed by atoms with Crippen LogP contribution in [0.15, 0.2) is 29.2 Å². The molecule has 2 rings (SSSR count). The number of hydrogen-bond acceptors (Lipinski definition) is 3. The molecule has 0 aliphatic heterocycles. The molecular formula is C16H23NO3S. The molecule has 1 aromatic carbocycles. The van der Waals surface area contributed by atoms with Crippen LogP contribution in [0, 0.1) is 5.92 Å². The lowest BCUT2D eigenvalue weighted by Gasteiger charge is -2.20. The Balaban J connectivity index is 1.93. The van der Waals surface area contributed by atoms with Crippen molar-refractivity contribution in [1.82, 2.24) is 4.72 Å². The Morgan fingerprint density at radius 2 is 1.76 bits per heavy atom. The molecule has 1 aromatic rings. The van der Waals surface area contributed by atoms with Crippen molar-refractivity contribution in [3.05, 3.63) is 29.8 Å².